The molecule has 3 nitrogen and oxygen atoms in total. The van der Waals surface area contributed by atoms with Crippen LogP contribution < -0.4 is 5.73 Å². The normalized spacial score (nSPS) is 22.4. The summed E-state index contributed by atoms with van der Waals surface area (Å²) in [7, 11) is 2.22. The Hall–Kier alpha value is -0.900. The molecule has 1 aromatic carbocycles. The van der Waals surface area contributed by atoms with Gasteiger partial charge in [-0.25, -0.2) is 0 Å². The SMILES string of the molecule is CC1CN(C)CCCN1Cc1ccc(CCN)cc1. The zero-order valence-corrected chi connectivity index (χ0v) is 12.3. The van der Waals surface area contributed by atoms with E-state index in [1.54, 1.807) is 0 Å². The molecule has 1 unspecified atom stereocenters. The summed E-state index contributed by atoms with van der Waals surface area (Å²) in [5.41, 5.74) is 8.34. The summed E-state index contributed by atoms with van der Waals surface area (Å²) in [6, 6.07) is 9.59. The van der Waals surface area contributed by atoms with Crippen molar-refractivity contribution in [3.8, 4) is 0 Å². The second kappa shape index (κ2) is 7.04. The van der Waals surface area contributed by atoms with E-state index in [4.69, 9.17) is 5.73 Å². The first-order chi connectivity index (χ1) is 9.19. The molecule has 0 aromatic heterocycles. The molecule has 1 saturated heterocycles. The summed E-state index contributed by atoms with van der Waals surface area (Å²) >= 11 is 0. The number of nitrogens with two attached hydrogens (primary N) is 1. The van der Waals surface area contributed by atoms with E-state index in [1.807, 2.05) is 0 Å². The van der Waals surface area contributed by atoms with E-state index in [9.17, 15) is 0 Å². The molecule has 106 valence electrons. The van der Waals surface area contributed by atoms with Crippen molar-refractivity contribution in [1.29, 1.82) is 0 Å². The highest BCUT2D eigenvalue weighted by molar-refractivity contribution is 5.22. The quantitative estimate of drug-likeness (QED) is 0.895. The highest BCUT2D eigenvalue weighted by Crippen LogP contribution is 2.14. The minimum Gasteiger partial charge on any atom is -0.330 e. The summed E-state index contributed by atoms with van der Waals surface area (Å²) in [5, 5.41) is 0. The van der Waals surface area contributed by atoms with Gasteiger partial charge in [-0.05, 0) is 51.0 Å². The van der Waals surface area contributed by atoms with E-state index in [0.717, 1.165) is 19.5 Å². The van der Waals surface area contributed by atoms with E-state index in [1.165, 1.54) is 37.2 Å². The maximum Gasteiger partial charge on any atom is 0.0237 e. The van der Waals surface area contributed by atoms with E-state index >= 15 is 0 Å². The van der Waals surface area contributed by atoms with Crippen LogP contribution in [0.2, 0.25) is 0 Å². The third-order valence-corrected chi connectivity index (χ3v) is 4.03. The van der Waals surface area contributed by atoms with Crippen LogP contribution in [0.15, 0.2) is 24.3 Å². The smallest absolute Gasteiger partial charge is 0.0237 e. The molecule has 0 radical (unpaired) electrons. The lowest BCUT2D eigenvalue weighted by Crippen LogP contribution is -2.37. The van der Waals surface area contributed by atoms with Crippen LogP contribution in [0.4, 0.5) is 0 Å². The summed E-state index contributed by atoms with van der Waals surface area (Å²) in [6.07, 6.45) is 2.25. The minimum absolute atomic E-state index is 0.635. The molecule has 1 heterocycles. The van der Waals surface area contributed by atoms with Crippen molar-refractivity contribution in [3.05, 3.63) is 35.4 Å². The Bertz CT molecular complexity index is 374. The van der Waals surface area contributed by atoms with E-state index in [-0.39, 0.29) is 0 Å². The van der Waals surface area contributed by atoms with Crippen molar-refractivity contribution in [2.75, 3.05) is 33.2 Å². The van der Waals surface area contributed by atoms with Crippen LogP contribution in [0.3, 0.4) is 0 Å². The third-order valence-electron chi connectivity index (χ3n) is 4.03. The summed E-state index contributed by atoms with van der Waals surface area (Å²) in [5.74, 6) is 0. The van der Waals surface area contributed by atoms with Crippen LogP contribution in [-0.2, 0) is 13.0 Å². The standard InChI is InChI=1S/C16H27N3/c1-14-12-18(2)10-3-11-19(14)13-16-6-4-15(5-7-16)8-9-17/h4-7,14H,3,8-13,17H2,1-2H3. The summed E-state index contributed by atoms with van der Waals surface area (Å²) in [6.45, 7) is 7.73. The van der Waals surface area contributed by atoms with Gasteiger partial charge in [0.05, 0.1) is 0 Å². The first-order valence-electron chi connectivity index (χ1n) is 7.39. The first kappa shape index (κ1) is 14.5. The van der Waals surface area contributed by atoms with E-state index in [2.05, 4.69) is 48.0 Å². The van der Waals surface area contributed by atoms with E-state index < -0.39 is 0 Å². The van der Waals surface area contributed by atoms with Gasteiger partial charge in [-0.15, -0.1) is 0 Å². The molecule has 19 heavy (non-hydrogen) atoms. The van der Waals surface area contributed by atoms with Gasteiger partial charge < -0.3 is 10.6 Å². The molecule has 1 aliphatic rings. The van der Waals surface area contributed by atoms with Crippen molar-refractivity contribution in [2.45, 2.75) is 32.4 Å². The van der Waals surface area contributed by atoms with Crippen molar-refractivity contribution in [3.63, 3.8) is 0 Å². The van der Waals surface area contributed by atoms with Crippen molar-refractivity contribution in [1.82, 2.24) is 9.80 Å². The predicted octanol–water partition coefficient (Wildman–Crippen LogP) is 1.71. The number of hydrogen-bond acceptors (Lipinski definition) is 3. The highest BCUT2D eigenvalue weighted by Gasteiger charge is 2.19. The van der Waals surface area contributed by atoms with Gasteiger partial charge in [0.1, 0.15) is 0 Å². The first-order valence-corrected chi connectivity index (χ1v) is 7.39. The summed E-state index contributed by atoms with van der Waals surface area (Å²) in [4.78, 5) is 5.04. The molecule has 1 fully saturated rings. The van der Waals surface area contributed by atoms with Gasteiger partial charge in [-0.3, -0.25) is 4.90 Å². The van der Waals surface area contributed by atoms with Gasteiger partial charge in [0, 0.05) is 25.7 Å². The van der Waals surface area contributed by atoms with Gasteiger partial charge in [0.25, 0.3) is 0 Å². The molecular weight excluding hydrogens is 234 g/mol. The van der Waals surface area contributed by atoms with Crippen LogP contribution in [0.25, 0.3) is 0 Å². The minimum atomic E-state index is 0.635. The third kappa shape index (κ3) is 4.30. The largest absolute Gasteiger partial charge is 0.330 e. The zero-order valence-electron chi connectivity index (χ0n) is 12.3. The van der Waals surface area contributed by atoms with Crippen LogP contribution in [0.1, 0.15) is 24.5 Å². The lowest BCUT2D eigenvalue weighted by molar-refractivity contribution is 0.194. The monoisotopic (exact) mass is 261 g/mol. The molecule has 1 aliphatic heterocycles. The molecule has 0 aliphatic carbocycles. The number of nitrogens with zero attached hydrogens (tertiary/aromatic N) is 2. The molecule has 1 aromatic rings. The summed E-state index contributed by atoms with van der Waals surface area (Å²) < 4.78 is 0. The Labute approximate surface area is 117 Å². The lowest BCUT2D eigenvalue weighted by Gasteiger charge is -2.27. The fraction of sp³-hybridized carbons (Fsp3) is 0.625. The fourth-order valence-electron chi connectivity index (χ4n) is 2.87. The van der Waals surface area contributed by atoms with Gasteiger partial charge in [0.15, 0.2) is 0 Å². The fourth-order valence-corrected chi connectivity index (χ4v) is 2.87. The van der Waals surface area contributed by atoms with Gasteiger partial charge >= 0.3 is 0 Å². The topological polar surface area (TPSA) is 32.5 Å². The Morgan fingerprint density at radius 1 is 1.16 bits per heavy atom. The second-order valence-electron chi connectivity index (χ2n) is 5.79. The average molecular weight is 261 g/mol. The van der Waals surface area contributed by atoms with Crippen LogP contribution >= 0.6 is 0 Å². The van der Waals surface area contributed by atoms with Crippen molar-refractivity contribution < 1.29 is 0 Å². The molecule has 2 rings (SSSR count). The predicted molar refractivity (Wildman–Crippen MR) is 81.2 cm³/mol. The maximum absolute atomic E-state index is 5.58. The Balaban J connectivity index is 1.95. The van der Waals surface area contributed by atoms with Crippen LogP contribution in [-0.4, -0.2) is 49.1 Å². The van der Waals surface area contributed by atoms with E-state index in [0.29, 0.717) is 6.04 Å². The highest BCUT2D eigenvalue weighted by atomic mass is 15.2. The molecule has 3 heteroatoms. The molecule has 2 N–H and O–H groups in total. The Morgan fingerprint density at radius 3 is 2.53 bits per heavy atom. The molecular formula is C16H27N3. The van der Waals surface area contributed by atoms with Gasteiger partial charge in [-0.2, -0.15) is 0 Å². The average Bonchev–Trinajstić information content (AvgIpc) is 2.54. The Morgan fingerprint density at radius 2 is 1.84 bits per heavy atom. The molecule has 0 amide bonds. The number of rotatable bonds is 4. The van der Waals surface area contributed by atoms with Crippen LogP contribution in [0, 0.1) is 0 Å². The van der Waals surface area contributed by atoms with Gasteiger partial charge in [0.2, 0.25) is 0 Å². The molecule has 1 atom stereocenters. The zero-order chi connectivity index (χ0) is 13.7. The lowest BCUT2D eigenvalue weighted by atomic mass is 10.1. The Kier molecular flexibility index (Phi) is 5.37. The van der Waals surface area contributed by atoms with Crippen LogP contribution in [0.5, 0.6) is 0 Å². The van der Waals surface area contributed by atoms with Gasteiger partial charge in [-0.1, -0.05) is 24.3 Å². The van der Waals surface area contributed by atoms with Crippen molar-refractivity contribution >= 4 is 0 Å². The number of likely N-dealkylation sites (N-methyl/N-ethyl adjacent to an activating group) is 1. The van der Waals surface area contributed by atoms with Crippen molar-refractivity contribution in [2.24, 2.45) is 5.73 Å². The second-order valence-corrected chi connectivity index (χ2v) is 5.79. The number of benzene rings is 1. The number of hydrogen-bond donors (Lipinski definition) is 1. The molecule has 0 bridgehead atoms. The maximum atomic E-state index is 5.58. The molecule has 0 saturated carbocycles. The molecule has 0 spiro atoms.